The second-order valence-corrected chi connectivity index (χ2v) is 12.5. The first-order chi connectivity index (χ1) is 12.0. The Morgan fingerprint density at radius 2 is 1.85 bits per heavy atom. The van der Waals surface area contributed by atoms with Gasteiger partial charge in [-0.1, -0.05) is 51.1 Å². The third kappa shape index (κ3) is 5.97. The normalized spacial score (nSPS) is 14.2. The van der Waals surface area contributed by atoms with E-state index in [1.807, 2.05) is 30.3 Å². The lowest BCUT2D eigenvalue weighted by molar-refractivity contribution is -0.136. The SMILES string of the molecule is COC(=O)/C([N+]#N)=C(/O)CC(Cc1ccccc1)O[Si](C)(C)C(C)(C)C. The van der Waals surface area contributed by atoms with Crippen LogP contribution in [0.1, 0.15) is 32.8 Å². The van der Waals surface area contributed by atoms with E-state index in [4.69, 9.17) is 9.82 Å². The molecule has 0 radical (unpaired) electrons. The van der Waals surface area contributed by atoms with Crippen LogP contribution in [0.4, 0.5) is 0 Å². The molecule has 26 heavy (non-hydrogen) atoms. The number of ether oxygens (including phenoxy) is 1. The summed E-state index contributed by atoms with van der Waals surface area (Å²) in [6, 6.07) is 9.79. The predicted octanol–water partition coefficient (Wildman–Crippen LogP) is 4.81. The number of diazo groups is 1. The first kappa shape index (κ1) is 21.9. The highest BCUT2D eigenvalue weighted by molar-refractivity contribution is 6.74. The standard InChI is InChI=1S/C19H28N2O4Si/c1-19(2,3)26(5,6)25-15(12-14-10-8-7-9-11-14)13-16(22)17(21-20)18(23)24-4/h7-11,15H,12-13H2,1-6H3/p+1. The van der Waals surface area contributed by atoms with Gasteiger partial charge in [-0.3, -0.25) is 0 Å². The number of benzene rings is 1. The van der Waals surface area contributed by atoms with Crippen molar-refractivity contribution in [2.24, 2.45) is 0 Å². The molecule has 142 valence electrons. The third-order valence-electron chi connectivity index (χ3n) is 4.75. The van der Waals surface area contributed by atoms with E-state index in [0.29, 0.717) is 6.42 Å². The van der Waals surface area contributed by atoms with E-state index in [2.05, 4.69) is 43.6 Å². The lowest BCUT2D eigenvalue weighted by atomic mass is 10.0. The maximum Gasteiger partial charge on any atom is 0.505 e. The number of methoxy groups -OCH3 is 1. The number of carbonyl (C=O) groups is 1. The Labute approximate surface area is 156 Å². The van der Waals surface area contributed by atoms with Crippen LogP contribution in [0.3, 0.4) is 0 Å². The van der Waals surface area contributed by atoms with E-state index >= 15 is 0 Å². The fourth-order valence-corrected chi connectivity index (χ4v) is 3.60. The maximum absolute atomic E-state index is 11.6. The van der Waals surface area contributed by atoms with Gasteiger partial charge in [0.25, 0.3) is 0 Å². The molecule has 0 bridgehead atoms. The van der Waals surface area contributed by atoms with Gasteiger partial charge in [0.2, 0.25) is 5.39 Å². The first-order valence-electron chi connectivity index (χ1n) is 8.59. The van der Waals surface area contributed by atoms with Crippen molar-refractivity contribution in [3.63, 3.8) is 0 Å². The molecule has 1 atom stereocenters. The molecule has 7 heteroatoms. The van der Waals surface area contributed by atoms with Gasteiger partial charge in [0, 0.05) is 6.42 Å². The van der Waals surface area contributed by atoms with E-state index in [1.54, 1.807) is 0 Å². The number of hydrogen-bond acceptors (Lipinski definition) is 5. The van der Waals surface area contributed by atoms with Crippen molar-refractivity contribution in [2.75, 3.05) is 7.11 Å². The highest BCUT2D eigenvalue weighted by Crippen LogP contribution is 2.38. The number of hydrogen-bond donors (Lipinski definition) is 1. The Morgan fingerprint density at radius 3 is 2.31 bits per heavy atom. The summed E-state index contributed by atoms with van der Waals surface area (Å²) in [5.74, 6) is -1.24. The summed E-state index contributed by atoms with van der Waals surface area (Å²) >= 11 is 0. The van der Waals surface area contributed by atoms with E-state index in [1.165, 1.54) is 0 Å². The van der Waals surface area contributed by atoms with Gasteiger partial charge >= 0.3 is 11.7 Å². The van der Waals surface area contributed by atoms with Crippen molar-refractivity contribution in [3.05, 3.63) is 52.3 Å². The van der Waals surface area contributed by atoms with Gasteiger partial charge in [0.15, 0.2) is 19.1 Å². The van der Waals surface area contributed by atoms with Gasteiger partial charge in [0.05, 0.1) is 13.2 Å². The maximum atomic E-state index is 11.6. The molecule has 0 aliphatic rings. The Morgan fingerprint density at radius 1 is 1.27 bits per heavy atom. The fraction of sp³-hybridized carbons (Fsp3) is 0.526. The third-order valence-corrected chi connectivity index (χ3v) is 9.28. The van der Waals surface area contributed by atoms with E-state index in [0.717, 1.165) is 12.7 Å². The van der Waals surface area contributed by atoms with Crippen LogP contribution < -0.4 is 0 Å². The van der Waals surface area contributed by atoms with Crippen LogP contribution in [0, 0.1) is 5.39 Å². The van der Waals surface area contributed by atoms with Crippen LogP contribution in [0.5, 0.6) is 0 Å². The minimum Gasteiger partial charge on any atom is -0.505 e. The molecule has 6 nitrogen and oxygen atoms in total. The zero-order valence-electron chi connectivity index (χ0n) is 16.4. The van der Waals surface area contributed by atoms with Crippen molar-refractivity contribution in [2.45, 2.75) is 57.8 Å². The first-order valence-corrected chi connectivity index (χ1v) is 11.5. The lowest BCUT2D eigenvalue weighted by Crippen LogP contribution is -2.44. The van der Waals surface area contributed by atoms with Gasteiger partial charge in [-0.15, -0.1) is 0 Å². The van der Waals surface area contributed by atoms with Crippen LogP contribution in [0.2, 0.25) is 18.1 Å². The van der Waals surface area contributed by atoms with Crippen molar-refractivity contribution in [3.8, 4) is 0 Å². The molecule has 0 saturated heterocycles. The number of aliphatic hydroxyl groups is 1. The van der Waals surface area contributed by atoms with Gasteiger partial charge in [0.1, 0.15) is 0 Å². The molecule has 0 heterocycles. The van der Waals surface area contributed by atoms with Crippen molar-refractivity contribution in [1.82, 2.24) is 0 Å². The molecule has 1 aromatic carbocycles. The summed E-state index contributed by atoms with van der Waals surface area (Å²) in [6.45, 7) is 10.7. The highest BCUT2D eigenvalue weighted by atomic mass is 28.4. The largest absolute Gasteiger partial charge is 0.505 e. The zero-order chi connectivity index (χ0) is 20.0. The minimum atomic E-state index is -2.11. The Hall–Kier alpha value is -2.17. The van der Waals surface area contributed by atoms with Crippen molar-refractivity contribution < 1.29 is 19.1 Å². The lowest BCUT2D eigenvalue weighted by Gasteiger charge is -2.39. The summed E-state index contributed by atoms with van der Waals surface area (Å²) in [5.41, 5.74) is 0.564. The average Bonchev–Trinajstić information content (AvgIpc) is 2.54. The second kappa shape index (κ2) is 8.97. The van der Waals surface area contributed by atoms with Crippen LogP contribution in [-0.4, -0.2) is 32.6 Å². The predicted molar refractivity (Wildman–Crippen MR) is 104 cm³/mol. The quantitative estimate of drug-likeness (QED) is 0.242. The number of aliphatic hydroxyl groups excluding tert-OH is 1. The molecule has 0 spiro atoms. The molecule has 1 N–H and O–H groups in total. The monoisotopic (exact) mass is 377 g/mol. The molecule has 0 aliphatic heterocycles. The van der Waals surface area contributed by atoms with Crippen LogP contribution in [-0.2, 0) is 20.4 Å². The van der Waals surface area contributed by atoms with E-state index < -0.39 is 20.0 Å². The van der Waals surface area contributed by atoms with E-state index in [9.17, 15) is 9.90 Å². The van der Waals surface area contributed by atoms with Gasteiger partial charge in [-0.05, 0) is 30.1 Å². The summed E-state index contributed by atoms with van der Waals surface area (Å²) < 4.78 is 11.0. The Balaban J connectivity index is 3.14. The minimum absolute atomic E-state index is 0.00615. The highest BCUT2D eigenvalue weighted by Gasteiger charge is 2.40. The average molecular weight is 378 g/mol. The summed E-state index contributed by atoms with van der Waals surface area (Å²) in [6.07, 6.45) is 0.257. The smallest absolute Gasteiger partial charge is 0.505 e. The molecule has 0 aliphatic carbocycles. The molecule has 0 aromatic heterocycles. The Bertz CT molecular complexity index is 688. The molecule has 0 saturated carbocycles. The number of rotatable bonds is 7. The number of carbonyl (C=O) groups excluding carboxylic acids is 1. The molecular weight excluding hydrogens is 348 g/mol. The number of nitrogens with zero attached hydrogens (tertiary/aromatic N) is 2. The van der Waals surface area contributed by atoms with Crippen LogP contribution >= 0.6 is 0 Å². The molecular formula is C19H29N2O4Si+. The second-order valence-electron chi connectivity index (χ2n) is 7.78. The summed E-state index contributed by atoms with van der Waals surface area (Å²) in [7, 11) is -0.951. The van der Waals surface area contributed by atoms with Crippen molar-refractivity contribution >= 4 is 14.3 Å². The molecule has 1 aromatic rings. The molecule has 0 amide bonds. The van der Waals surface area contributed by atoms with Crippen molar-refractivity contribution in [1.29, 1.82) is 5.39 Å². The van der Waals surface area contributed by atoms with Crippen LogP contribution in [0.25, 0.3) is 4.98 Å². The summed E-state index contributed by atoms with van der Waals surface area (Å²) in [4.78, 5) is 14.5. The molecule has 1 rings (SSSR count). The topological polar surface area (TPSA) is 83.9 Å². The fourth-order valence-electron chi connectivity index (χ4n) is 2.25. The molecule has 1 unspecified atom stereocenters. The summed E-state index contributed by atoms with van der Waals surface area (Å²) in [5, 5.41) is 19.3. The number of esters is 1. The van der Waals surface area contributed by atoms with E-state index in [-0.39, 0.29) is 23.3 Å². The van der Waals surface area contributed by atoms with Gasteiger partial charge < -0.3 is 14.3 Å². The zero-order valence-corrected chi connectivity index (χ0v) is 17.4. The van der Waals surface area contributed by atoms with Gasteiger partial charge in [-0.2, -0.15) is 0 Å². The Kier molecular flexibility index (Phi) is 7.54. The van der Waals surface area contributed by atoms with Crippen LogP contribution in [0.15, 0.2) is 41.8 Å². The van der Waals surface area contributed by atoms with Gasteiger partial charge in [-0.25, -0.2) is 4.79 Å². The molecule has 0 fully saturated rings.